The highest BCUT2D eigenvalue weighted by atomic mass is 19.4. The number of halogens is 3. The third-order valence-electron chi connectivity index (χ3n) is 4.01. The van der Waals surface area contributed by atoms with Crippen molar-refractivity contribution in [1.29, 1.82) is 0 Å². The van der Waals surface area contributed by atoms with E-state index in [1.165, 1.54) is 12.1 Å². The lowest BCUT2D eigenvalue weighted by molar-refractivity contribution is -0.274. The Kier molecular flexibility index (Phi) is 7.99. The summed E-state index contributed by atoms with van der Waals surface area (Å²) in [6, 6.07) is 11.4. The van der Waals surface area contributed by atoms with Crippen molar-refractivity contribution >= 4 is 5.96 Å². The Morgan fingerprint density at radius 2 is 1.62 bits per heavy atom. The third kappa shape index (κ3) is 7.81. The molecule has 0 saturated heterocycles. The van der Waals surface area contributed by atoms with Gasteiger partial charge in [0.15, 0.2) is 17.5 Å². The van der Waals surface area contributed by atoms with Crippen LogP contribution in [0.2, 0.25) is 0 Å². The summed E-state index contributed by atoms with van der Waals surface area (Å²) in [5.41, 5.74) is 7.74. The maximum Gasteiger partial charge on any atom is 0.573 e. The first-order chi connectivity index (χ1) is 13.8. The predicted molar refractivity (Wildman–Crippen MR) is 105 cm³/mol. The van der Waals surface area contributed by atoms with Gasteiger partial charge in [-0.15, -0.1) is 13.2 Å². The van der Waals surface area contributed by atoms with Crippen LogP contribution in [0.4, 0.5) is 13.2 Å². The number of guanidine groups is 1. The quantitative estimate of drug-likeness (QED) is 0.489. The lowest BCUT2D eigenvalue weighted by Gasteiger charge is -2.10. The van der Waals surface area contributed by atoms with Crippen LogP contribution in [0.5, 0.6) is 17.2 Å². The smallest absolute Gasteiger partial charge is 0.493 e. The Labute approximate surface area is 167 Å². The van der Waals surface area contributed by atoms with Crippen LogP contribution in [-0.2, 0) is 12.8 Å². The summed E-state index contributed by atoms with van der Waals surface area (Å²) in [7, 11) is 3.17. The molecule has 0 unspecified atom stereocenters. The van der Waals surface area contributed by atoms with Crippen LogP contribution >= 0.6 is 0 Å². The maximum absolute atomic E-state index is 12.1. The molecule has 0 atom stereocenters. The molecule has 0 bridgehead atoms. The van der Waals surface area contributed by atoms with Gasteiger partial charge in [-0.1, -0.05) is 18.2 Å². The van der Waals surface area contributed by atoms with E-state index in [2.05, 4.69) is 15.0 Å². The van der Waals surface area contributed by atoms with Crippen molar-refractivity contribution in [3.05, 3.63) is 53.6 Å². The Morgan fingerprint density at radius 3 is 2.24 bits per heavy atom. The lowest BCUT2D eigenvalue weighted by atomic mass is 10.1. The highest BCUT2D eigenvalue weighted by Crippen LogP contribution is 2.27. The fourth-order valence-electron chi connectivity index (χ4n) is 2.59. The van der Waals surface area contributed by atoms with Crippen LogP contribution in [0, 0.1) is 0 Å². The average molecular weight is 411 g/mol. The molecule has 0 spiro atoms. The molecule has 0 fully saturated rings. The molecule has 29 heavy (non-hydrogen) atoms. The molecule has 0 aromatic heterocycles. The zero-order valence-corrected chi connectivity index (χ0v) is 16.3. The van der Waals surface area contributed by atoms with E-state index in [-0.39, 0.29) is 5.75 Å². The molecule has 0 aliphatic rings. The van der Waals surface area contributed by atoms with E-state index >= 15 is 0 Å². The van der Waals surface area contributed by atoms with Crippen LogP contribution in [0.1, 0.15) is 11.1 Å². The number of ether oxygens (including phenoxy) is 3. The second-order valence-electron chi connectivity index (χ2n) is 6.07. The average Bonchev–Trinajstić information content (AvgIpc) is 2.68. The van der Waals surface area contributed by atoms with E-state index in [9.17, 15) is 13.2 Å². The molecule has 2 rings (SSSR count). The first kappa shape index (κ1) is 22.2. The number of rotatable bonds is 9. The van der Waals surface area contributed by atoms with Crippen LogP contribution in [0.3, 0.4) is 0 Å². The molecule has 0 aliphatic carbocycles. The molecule has 0 radical (unpaired) electrons. The van der Waals surface area contributed by atoms with Gasteiger partial charge in [0.2, 0.25) is 0 Å². The summed E-state index contributed by atoms with van der Waals surface area (Å²) in [6.45, 7) is 1.00. The number of nitrogens with zero attached hydrogens (tertiary/aromatic N) is 1. The summed E-state index contributed by atoms with van der Waals surface area (Å²) in [4.78, 5) is 4.22. The van der Waals surface area contributed by atoms with E-state index in [1.807, 2.05) is 18.2 Å². The number of benzene rings is 2. The molecule has 0 amide bonds. The van der Waals surface area contributed by atoms with E-state index in [0.717, 1.165) is 17.5 Å². The molecule has 9 heteroatoms. The van der Waals surface area contributed by atoms with Gasteiger partial charge in [-0.25, -0.2) is 0 Å². The van der Waals surface area contributed by atoms with Gasteiger partial charge in [0.25, 0.3) is 0 Å². The molecule has 0 heterocycles. The van der Waals surface area contributed by atoms with Gasteiger partial charge < -0.3 is 25.3 Å². The summed E-state index contributed by atoms with van der Waals surface area (Å²) in [5.74, 6) is 1.39. The Hall–Kier alpha value is -3.10. The van der Waals surface area contributed by atoms with Crippen molar-refractivity contribution in [2.45, 2.75) is 19.2 Å². The number of aliphatic imine (C=N–C) groups is 1. The lowest BCUT2D eigenvalue weighted by Crippen LogP contribution is -2.33. The number of alkyl halides is 3. The second-order valence-corrected chi connectivity index (χ2v) is 6.07. The molecule has 3 N–H and O–H groups in total. The van der Waals surface area contributed by atoms with Crippen molar-refractivity contribution in [3.8, 4) is 17.2 Å². The predicted octanol–water partition coefficient (Wildman–Crippen LogP) is 3.29. The van der Waals surface area contributed by atoms with Gasteiger partial charge in [-0.05, 0) is 48.2 Å². The van der Waals surface area contributed by atoms with Crippen molar-refractivity contribution in [3.63, 3.8) is 0 Å². The summed E-state index contributed by atoms with van der Waals surface area (Å²) >= 11 is 0. The minimum absolute atomic E-state index is 0.249. The van der Waals surface area contributed by atoms with E-state index in [1.54, 1.807) is 26.4 Å². The van der Waals surface area contributed by atoms with Crippen molar-refractivity contribution in [2.75, 3.05) is 27.3 Å². The van der Waals surface area contributed by atoms with E-state index in [0.29, 0.717) is 37.0 Å². The second kappa shape index (κ2) is 10.4. The third-order valence-corrected chi connectivity index (χ3v) is 4.01. The Balaban J connectivity index is 1.75. The van der Waals surface area contributed by atoms with Crippen LogP contribution < -0.4 is 25.3 Å². The molecule has 2 aromatic rings. The molecule has 0 saturated carbocycles. The number of nitrogens with two attached hydrogens (primary N) is 1. The molecule has 2 aromatic carbocycles. The number of hydrogen-bond donors (Lipinski definition) is 2. The monoisotopic (exact) mass is 411 g/mol. The largest absolute Gasteiger partial charge is 0.573 e. The Bertz CT molecular complexity index is 809. The van der Waals surface area contributed by atoms with Gasteiger partial charge >= 0.3 is 6.36 Å². The van der Waals surface area contributed by atoms with Gasteiger partial charge in [0, 0.05) is 13.1 Å². The maximum atomic E-state index is 12.1. The molecular weight excluding hydrogens is 387 g/mol. The zero-order chi connectivity index (χ0) is 21.3. The number of nitrogens with one attached hydrogen (secondary N) is 1. The van der Waals surface area contributed by atoms with Gasteiger partial charge in [-0.2, -0.15) is 0 Å². The van der Waals surface area contributed by atoms with Crippen molar-refractivity contribution in [2.24, 2.45) is 10.7 Å². The fraction of sp³-hybridized carbons (Fsp3) is 0.350. The summed E-state index contributed by atoms with van der Waals surface area (Å²) in [6.07, 6.45) is -3.43. The van der Waals surface area contributed by atoms with E-state index in [4.69, 9.17) is 15.2 Å². The molecule has 0 aliphatic heterocycles. The Morgan fingerprint density at radius 1 is 0.966 bits per heavy atom. The molecule has 158 valence electrons. The topological polar surface area (TPSA) is 78.1 Å². The van der Waals surface area contributed by atoms with Gasteiger partial charge in [-0.3, -0.25) is 4.99 Å². The standard InChI is InChI=1S/C20H24F3N3O3/c1-27-17-8-5-15(13-18(17)28-2)10-12-26-19(24)25-11-9-14-3-6-16(7-4-14)29-20(21,22)23/h3-8,13H,9-12H2,1-2H3,(H3,24,25,26). The minimum atomic E-state index is -4.69. The fourth-order valence-corrected chi connectivity index (χ4v) is 2.59. The van der Waals surface area contributed by atoms with Gasteiger partial charge in [0.05, 0.1) is 14.2 Å². The number of hydrogen-bond acceptors (Lipinski definition) is 4. The minimum Gasteiger partial charge on any atom is -0.493 e. The summed E-state index contributed by atoms with van der Waals surface area (Å²) < 4.78 is 50.7. The normalized spacial score (nSPS) is 11.8. The van der Waals surface area contributed by atoms with Crippen LogP contribution in [-0.4, -0.2) is 39.6 Å². The highest BCUT2D eigenvalue weighted by Gasteiger charge is 2.30. The van der Waals surface area contributed by atoms with Gasteiger partial charge in [0.1, 0.15) is 5.75 Å². The van der Waals surface area contributed by atoms with E-state index < -0.39 is 6.36 Å². The SMILES string of the molecule is COc1ccc(CCNC(N)=NCCc2ccc(OC(F)(F)F)cc2)cc1OC. The van der Waals surface area contributed by atoms with Crippen molar-refractivity contribution < 1.29 is 27.4 Å². The highest BCUT2D eigenvalue weighted by molar-refractivity contribution is 5.77. The summed E-state index contributed by atoms with van der Waals surface area (Å²) in [5, 5.41) is 3.03. The van der Waals surface area contributed by atoms with Crippen LogP contribution in [0.15, 0.2) is 47.5 Å². The van der Waals surface area contributed by atoms with Crippen molar-refractivity contribution in [1.82, 2.24) is 5.32 Å². The first-order valence-corrected chi connectivity index (χ1v) is 8.90. The first-order valence-electron chi connectivity index (χ1n) is 8.90. The number of methoxy groups -OCH3 is 2. The molecule has 6 nitrogen and oxygen atoms in total. The van der Waals surface area contributed by atoms with Crippen LogP contribution in [0.25, 0.3) is 0 Å². The molecular formula is C20H24F3N3O3. The zero-order valence-electron chi connectivity index (χ0n) is 16.3.